The highest BCUT2D eigenvalue weighted by atomic mass is 35.5. The molecule has 4 rings (SSSR count). The number of amides is 1. The molecule has 0 aliphatic carbocycles. The number of rotatable bonds is 5. The molecule has 0 spiro atoms. The minimum Gasteiger partial charge on any atom is -0.462 e. The van der Waals surface area contributed by atoms with E-state index in [9.17, 15) is 18.0 Å². The first-order valence-corrected chi connectivity index (χ1v) is 12.2. The molecule has 0 bridgehead atoms. The van der Waals surface area contributed by atoms with E-state index in [1.165, 1.54) is 31.3 Å². The summed E-state index contributed by atoms with van der Waals surface area (Å²) in [5.41, 5.74) is 2.41. The Hall–Kier alpha value is -3.62. The molecule has 1 aliphatic heterocycles. The highest BCUT2D eigenvalue weighted by Crippen LogP contribution is 2.43. The number of carbonyl (C=O) groups excluding carboxylic acids is 2. The second kappa shape index (κ2) is 9.32. The maximum Gasteiger partial charge on any atom is 0.338 e. The van der Waals surface area contributed by atoms with Gasteiger partial charge in [0.15, 0.2) is 4.91 Å². The predicted octanol–water partition coefficient (Wildman–Crippen LogP) is 4.69. The second-order valence-electron chi connectivity index (χ2n) is 7.46. The van der Waals surface area contributed by atoms with E-state index in [0.717, 1.165) is 4.31 Å². The van der Waals surface area contributed by atoms with Crippen LogP contribution in [0.1, 0.15) is 28.4 Å². The molecule has 1 aliphatic rings. The average molecular weight is 497 g/mol. The summed E-state index contributed by atoms with van der Waals surface area (Å²) in [4.78, 5) is 24.9. The molecule has 1 amide bonds. The summed E-state index contributed by atoms with van der Waals surface area (Å²) in [5.74, 6) is -1.29. The zero-order valence-corrected chi connectivity index (χ0v) is 20.0. The summed E-state index contributed by atoms with van der Waals surface area (Å²) in [7, 11) is -2.80. The van der Waals surface area contributed by atoms with Crippen LogP contribution in [0.3, 0.4) is 0 Å². The van der Waals surface area contributed by atoms with Crippen molar-refractivity contribution in [3.63, 3.8) is 0 Å². The Labute approximate surface area is 202 Å². The fourth-order valence-corrected chi connectivity index (χ4v) is 5.35. The average Bonchev–Trinajstić information content (AvgIpc) is 2.82. The van der Waals surface area contributed by atoms with E-state index in [4.69, 9.17) is 16.3 Å². The van der Waals surface area contributed by atoms with Gasteiger partial charge in [-0.05, 0) is 55.0 Å². The maximum absolute atomic E-state index is 13.5. The lowest BCUT2D eigenvalue weighted by Gasteiger charge is -2.31. The van der Waals surface area contributed by atoms with Crippen LogP contribution in [0.4, 0.5) is 11.4 Å². The van der Waals surface area contributed by atoms with Crippen LogP contribution < -0.4 is 9.62 Å². The zero-order chi connectivity index (χ0) is 24.5. The van der Waals surface area contributed by atoms with Crippen molar-refractivity contribution < 1.29 is 22.7 Å². The molecule has 1 heterocycles. The number of carbonyl (C=O) groups is 2. The molecular formula is C25H21ClN2O5S. The lowest BCUT2D eigenvalue weighted by atomic mass is 9.95. The first-order chi connectivity index (χ1) is 16.2. The molecule has 9 heteroatoms. The molecule has 0 saturated carbocycles. The number of nitrogens with zero attached hydrogens (tertiary/aromatic N) is 1. The Bertz CT molecular complexity index is 1400. The molecule has 1 N–H and O–H groups in total. The van der Waals surface area contributed by atoms with Crippen LogP contribution in [-0.2, 0) is 19.6 Å². The smallest absolute Gasteiger partial charge is 0.338 e. The van der Waals surface area contributed by atoms with Gasteiger partial charge in [0.25, 0.3) is 15.9 Å². The molecule has 0 radical (unpaired) electrons. The Kier molecular flexibility index (Phi) is 6.45. The molecule has 0 saturated heterocycles. The van der Waals surface area contributed by atoms with Gasteiger partial charge in [-0.15, -0.1) is 0 Å². The number of sulfonamides is 1. The van der Waals surface area contributed by atoms with Gasteiger partial charge in [0.1, 0.15) is 0 Å². The molecule has 0 aromatic heterocycles. The minimum atomic E-state index is -4.19. The van der Waals surface area contributed by atoms with Gasteiger partial charge in [0.05, 0.1) is 17.9 Å². The highest BCUT2D eigenvalue weighted by Gasteiger charge is 2.39. The number of ether oxygens (including phenoxy) is 1. The van der Waals surface area contributed by atoms with Gasteiger partial charge < -0.3 is 10.1 Å². The summed E-state index contributed by atoms with van der Waals surface area (Å²) in [5, 5.41) is 3.05. The number of hydrogen-bond donors (Lipinski definition) is 1. The molecule has 34 heavy (non-hydrogen) atoms. The Morgan fingerprint density at radius 1 is 1.00 bits per heavy atom. The van der Waals surface area contributed by atoms with Gasteiger partial charge in [-0.25, -0.2) is 13.2 Å². The van der Waals surface area contributed by atoms with Crippen molar-refractivity contribution in [3.8, 4) is 0 Å². The van der Waals surface area contributed by atoms with Crippen LogP contribution in [0.2, 0.25) is 5.02 Å². The number of hydrogen-bond acceptors (Lipinski definition) is 5. The molecule has 0 unspecified atom stereocenters. The van der Waals surface area contributed by atoms with E-state index in [2.05, 4.69) is 5.32 Å². The number of halogens is 1. The molecular weight excluding hydrogens is 476 g/mol. The van der Waals surface area contributed by atoms with E-state index in [0.29, 0.717) is 33.1 Å². The minimum absolute atomic E-state index is 0.241. The van der Waals surface area contributed by atoms with Crippen LogP contribution in [0.15, 0.2) is 77.7 Å². The summed E-state index contributed by atoms with van der Waals surface area (Å²) in [6.45, 7) is 1.95. The quantitative estimate of drug-likeness (QED) is 0.517. The second-order valence-corrected chi connectivity index (χ2v) is 9.80. The summed E-state index contributed by atoms with van der Waals surface area (Å²) in [6.07, 6.45) is 0. The number of esters is 1. The van der Waals surface area contributed by atoms with Crippen molar-refractivity contribution in [1.29, 1.82) is 0 Å². The van der Waals surface area contributed by atoms with Crippen LogP contribution in [0.5, 0.6) is 0 Å². The first kappa shape index (κ1) is 23.5. The van der Waals surface area contributed by atoms with Crippen molar-refractivity contribution in [2.75, 3.05) is 23.3 Å². The standard InChI is InChI=1S/C25H21ClN2O5S/c1-3-33-25(30)17-9-12-19(13-10-17)27-24(29)23-22(16-7-5-4-6-8-16)20-15-18(26)11-14-21(20)28(2)34(23,31)32/h4-15H,3H2,1-2H3,(H,27,29). The van der Waals surface area contributed by atoms with Crippen molar-refractivity contribution in [1.82, 2.24) is 0 Å². The Morgan fingerprint density at radius 3 is 2.32 bits per heavy atom. The molecule has 7 nitrogen and oxygen atoms in total. The number of nitrogens with one attached hydrogen (secondary N) is 1. The Balaban J connectivity index is 1.83. The SMILES string of the molecule is CCOC(=O)c1ccc(NC(=O)C2=C(c3ccccc3)c3cc(Cl)ccc3N(C)S2(=O)=O)cc1. The van der Waals surface area contributed by atoms with Crippen molar-refractivity contribution in [2.45, 2.75) is 6.92 Å². The molecule has 3 aromatic rings. The van der Waals surface area contributed by atoms with E-state index in [1.54, 1.807) is 55.5 Å². The molecule has 174 valence electrons. The maximum atomic E-state index is 13.5. The van der Waals surface area contributed by atoms with E-state index in [1.807, 2.05) is 0 Å². The van der Waals surface area contributed by atoms with Gasteiger partial charge in [-0.2, -0.15) is 0 Å². The lowest BCUT2D eigenvalue weighted by Crippen LogP contribution is -2.37. The van der Waals surface area contributed by atoms with Crippen molar-refractivity contribution >= 4 is 50.4 Å². The molecule has 0 atom stereocenters. The first-order valence-electron chi connectivity index (χ1n) is 10.4. The van der Waals surface area contributed by atoms with Gasteiger partial charge in [-0.3, -0.25) is 9.10 Å². The third-order valence-electron chi connectivity index (χ3n) is 5.34. The number of anilines is 2. The van der Waals surface area contributed by atoms with E-state index in [-0.39, 0.29) is 12.2 Å². The Morgan fingerprint density at radius 2 is 1.68 bits per heavy atom. The van der Waals surface area contributed by atoms with Crippen LogP contribution >= 0.6 is 11.6 Å². The van der Waals surface area contributed by atoms with E-state index < -0.39 is 26.8 Å². The third kappa shape index (κ3) is 4.30. The zero-order valence-electron chi connectivity index (χ0n) is 18.4. The summed E-state index contributed by atoms with van der Waals surface area (Å²) in [6, 6.07) is 19.7. The lowest BCUT2D eigenvalue weighted by molar-refractivity contribution is -0.112. The van der Waals surface area contributed by atoms with Crippen LogP contribution in [-0.4, -0.2) is 33.9 Å². The predicted molar refractivity (Wildman–Crippen MR) is 132 cm³/mol. The highest BCUT2D eigenvalue weighted by molar-refractivity contribution is 7.97. The normalized spacial score (nSPS) is 14.4. The van der Waals surface area contributed by atoms with Gasteiger partial charge >= 0.3 is 5.97 Å². The third-order valence-corrected chi connectivity index (χ3v) is 7.39. The number of benzene rings is 3. The van der Waals surface area contributed by atoms with E-state index >= 15 is 0 Å². The van der Waals surface area contributed by atoms with Gasteiger partial charge in [0.2, 0.25) is 0 Å². The topological polar surface area (TPSA) is 92.8 Å². The largest absolute Gasteiger partial charge is 0.462 e. The number of fused-ring (bicyclic) bond motifs is 1. The molecule has 0 fully saturated rings. The monoisotopic (exact) mass is 496 g/mol. The van der Waals surface area contributed by atoms with Crippen LogP contribution in [0, 0.1) is 0 Å². The van der Waals surface area contributed by atoms with Crippen LogP contribution in [0.25, 0.3) is 5.57 Å². The summed E-state index contributed by atoms with van der Waals surface area (Å²) < 4.78 is 33.0. The fourth-order valence-electron chi connectivity index (χ4n) is 3.71. The fraction of sp³-hybridized carbons (Fsp3) is 0.120. The van der Waals surface area contributed by atoms with Crippen molar-refractivity contribution in [3.05, 3.63) is 99.4 Å². The van der Waals surface area contributed by atoms with Gasteiger partial charge in [0, 0.05) is 28.9 Å². The van der Waals surface area contributed by atoms with Gasteiger partial charge in [-0.1, -0.05) is 41.9 Å². The molecule has 3 aromatic carbocycles. The summed E-state index contributed by atoms with van der Waals surface area (Å²) >= 11 is 6.24. The van der Waals surface area contributed by atoms with Crippen molar-refractivity contribution in [2.24, 2.45) is 0 Å².